The van der Waals surface area contributed by atoms with E-state index in [1.54, 1.807) is 4.90 Å². The van der Waals surface area contributed by atoms with Gasteiger partial charge in [0.15, 0.2) is 0 Å². The van der Waals surface area contributed by atoms with Gasteiger partial charge in [-0.1, -0.05) is 0 Å². The van der Waals surface area contributed by atoms with Crippen molar-refractivity contribution in [1.82, 2.24) is 4.90 Å². The molecule has 0 atom stereocenters. The van der Waals surface area contributed by atoms with Crippen molar-refractivity contribution in [3.63, 3.8) is 0 Å². The first-order valence-electron chi connectivity index (χ1n) is 6.34. The van der Waals surface area contributed by atoms with Crippen LogP contribution in [0.3, 0.4) is 0 Å². The number of benzene rings is 1. The van der Waals surface area contributed by atoms with E-state index in [1.807, 2.05) is 19.9 Å². The number of carboxylic acid groups (broad SMARTS) is 1. The van der Waals surface area contributed by atoms with Gasteiger partial charge >= 0.3 is 12.0 Å². The summed E-state index contributed by atoms with van der Waals surface area (Å²) in [6.07, 6.45) is 0.255. The average molecular weight is 354 g/mol. The van der Waals surface area contributed by atoms with Gasteiger partial charge in [0.25, 0.3) is 0 Å². The smallest absolute Gasteiger partial charge is 0.335 e. The summed E-state index contributed by atoms with van der Waals surface area (Å²) in [5.41, 5.74) is 0.609. The van der Waals surface area contributed by atoms with Crippen LogP contribution in [-0.2, 0) is 0 Å². The van der Waals surface area contributed by atoms with Crippen molar-refractivity contribution < 1.29 is 14.7 Å². The number of hydrogen-bond acceptors (Lipinski definition) is 3. The van der Waals surface area contributed by atoms with Crippen LogP contribution in [0.25, 0.3) is 0 Å². The molecule has 0 aliphatic rings. The molecule has 0 bridgehead atoms. The molecule has 0 unspecified atom stereocenters. The van der Waals surface area contributed by atoms with Crippen LogP contribution < -0.4 is 5.32 Å². The van der Waals surface area contributed by atoms with Gasteiger partial charge in [0.1, 0.15) is 0 Å². The van der Waals surface area contributed by atoms with Gasteiger partial charge in [-0.25, -0.2) is 9.59 Å². The molecule has 1 aromatic carbocycles. The van der Waals surface area contributed by atoms with Gasteiger partial charge in [-0.05, 0) is 48.0 Å². The van der Waals surface area contributed by atoms with Gasteiger partial charge in [-0.3, -0.25) is 0 Å². The van der Waals surface area contributed by atoms with Gasteiger partial charge in [0, 0.05) is 17.1 Å². The van der Waals surface area contributed by atoms with Crippen LogP contribution in [0.5, 0.6) is 0 Å². The number of anilines is 1. The monoisotopic (exact) mass is 353 g/mol. The van der Waals surface area contributed by atoms with Crippen LogP contribution in [0.2, 0.25) is 0 Å². The van der Waals surface area contributed by atoms with Crippen LogP contribution in [-0.4, -0.2) is 34.6 Å². The fourth-order valence-electron chi connectivity index (χ4n) is 1.70. The number of carbonyl (C=O) groups is 2. The second-order valence-corrected chi connectivity index (χ2v) is 5.48. The molecule has 2 amide bonds. The summed E-state index contributed by atoms with van der Waals surface area (Å²) in [6, 6.07) is 5.99. The predicted octanol–water partition coefficient (Wildman–Crippen LogP) is 3.30. The van der Waals surface area contributed by atoms with Crippen molar-refractivity contribution in [1.29, 1.82) is 5.26 Å². The third-order valence-corrected chi connectivity index (χ3v) is 3.46. The SMILES string of the molecule is CC(C)N(CCC#N)C(=O)Nc1ccc(C(=O)O)cc1Br. The number of rotatable bonds is 5. The maximum atomic E-state index is 12.2. The summed E-state index contributed by atoms with van der Waals surface area (Å²) in [6.45, 7) is 4.06. The summed E-state index contributed by atoms with van der Waals surface area (Å²) in [5.74, 6) is -1.04. The minimum Gasteiger partial charge on any atom is -0.478 e. The summed E-state index contributed by atoms with van der Waals surface area (Å²) >= 11 is 3.23. The molecule has 1 rings (SSSR count). The van der Waals surface area contributed by atoms with E-state index in [0.29, 0.717) is 16.7 Å². The van der Waals surface area contributed by atoms with Gasteiger partial charge in [-0.2, -0.15) is 5.26 Å². The number of aromatic carboxylic acids is 1. The van der Waals surface area contributed by atoms with Gasteiger partial charge in [-0.15, -0.1) is 0 Å². The molecule has 0 aromatic heterocycles. The zero-order valence-electron chi connectivity index (χ0n) is 11.8. The minimum atomic E-state index is -1.04. The molecule has 21 heavy (non-hydrogen) atoms. The van der Waals surface area contributed by atoms with Crippen LogP contribution >= 0.6 is 15.9 Å². The number of amides is 2. The van der Waals surface area contributed by atoms with E-state index < -0.39 is 5.97 Å². The van der Waals surface area contributed by atoms with Crippen molar-refractivity contribution in [3.8, 4) is 6.07 Å². The van der Waals surface area contributed by atoms with Gasteiger partial charge in [0.05, 0.1) is 23.7 Å². The second-order valence-electron chi connectivity index (χ2n) is 4.63. The Balaban J connectivity index is 2.86. The molecule has 0 aliphatic carbocycles. The first-order chi connectivity index (χ1) is 9.86. The van der Waals surface area contributed by atoms with E-state index in [-0.39, 0.29) is 24.1 Å². The lowest BCUT2D eigenvalue weighted by Gasteiger charge is -2.26. The summed E-state index contributed by atoms with van der Waals surface area (Å²) in [5, 5.41) is 20.2. The molecule has 2 N–H and O–H groups in total. The fraction of sp³-hybridized carbons (Fsp3) is 0.357. The van der Waals surface area contributed by atoms with Crippen molar-refractivity contribution in [2.75, 3.05) is 11.9 Å². The average Bonchev–Trinajstić information content (AvgIpc) is 2.40. The number of hydrogen-bond donors (Lipinski definition) is 2. The van der Waals surface area contributed by atoms with Crippen LogP contribution in [0.4, 0.5) is 10.5 Å². The molecule has 1 aromatic rings. The Hall–Kier alpha value is -2.07. The molecule has 0 spiro atoms. The quantitative estimate of drug-likeness (QED) is 0.848. The number of urea groups is 1. The van der Waals surface area contributed by atoms with E-state index in [0.717, 1.165) is 0 Å². The lowest BCUT2D eigenvalue weighted by atomic mass is 10.2. The second kappa shape index (κ2) is 7.64. The Morgan fingerprint density at radius 1 is 1.48 bits per heavy atom. The molecule has 7 heteroatoms. The first kappa shape index (κ1) is 17.0. The predicted molar refractivity (Wildman–Crippen MR) is 82.2 cm³/mol. The zero-order valence-corrected chi connectivity index (χ0v) is 13.3. The molecule has 6 nitrogen and oxygen atoms in total. The molecule has 112 valence electrons. The Kier molecular flexibility index (Phi) is 6.18. The topological polar surface area (TPSA) is 93.4 Å². The molecule has 0 radical (unpaired) electrons. The van der Waals surface area contributed by atoms with Gasteiger partial charge < -0.3 is 15.3 Å². The maximum absolute atomic E-state index is 12.2. The fourth-order valence-corrected chi connectivity index (χ4v) is 2.18. The van der Waals surface area contributed by atoms with Gasteiger partial charge in [0.2, 0.25) is 0 Å². The Labute approximate surface area is 131 Å². The molecular formula is C14H16BrN3O3. The van der Waals surface area contributed by atoms with E-state index in [1.165, 1.54) is 18.2 Å². The van der Waals surface area contributed by atoms with E-state index >= 15 is 0 Å². The molecule has 0 aliphatic heterocycles. The van der Waals surface area contributed by atoms with Crippen LogP contribution in [0.15, 0.2) is 22.7 Å². The highest BCUT2D eigenvalue weighted by Crippen LogP contribution is 2.24. The van der Waals surface area contributed by atoms with Crippen LogP contribution in [0, 0.1) is 11.3 Å². The Morgan fingerprint density at radius 3 is 2.62 bits per heavy atom. The number of halogens is 1. The Morgan fingerprint density at radius 2 is 2.14 bits per heavy atom. The van der Waals surface area contributed by atoms with E-state index in [4.69, 9.17) is 10.4 Å². The van der Waals surface area contributed by atoms with Crippen molar-refractivity contribution in [2.45, 2.75) is 26.3 Å². The number of nitrogens with zero attached hydrogens (tertiary/aromatic N) is 2. The molecular weight excluding hydrogens is 338 g/mol. The Bertz CT molecular complexity index is 581. The first-order valence-corrected chi connectivity index (χ1v) is 7.13. The molecule has 0 saturated carbocycles. The molecule has 0 heterocycles. The van der Waals surface area contributed by atoms with Crippen molar-refractivity contribution >= 4 is 33.6 Å². The summed E-state index contributed by atoms with van der Waals surface area (Å²) in [7, 11) is 0. The number of nitrogens with one attached hydrogen (secondary N) is 1. The third-order valence-electron chi connectivity index (χ3n) is 2.81. The normalized spacial score (nSPS) is 10.0. The van der Waals surface area contributed by atoms with Crippen molar-refractivity contribution in [2.24, 2.45) is 0 Å². The lowest BCUT2D eigenvalue weighted by molar-refractivity contribution is 0.0697. The highest BCUT2D eigenvalue weighted by Gasteiger charge is 2.18. The lowest BCUT2D eigenvalue weighted by Crippen LogP contribution is -2.40. The van der Waals surface area contributed by atoms with E-state index in [2.05, 4.69) is 21.2 Å². The highest BCUT2D eigenvalue weighted by molar-refractivity contribution is 9.10. The number of nitriles is 1. The largest absolute Gasteiger partial charge is 0.478 e. The highest BCUT2D eigenvalue weighted by atomic mass is 79.9. The molecule has 0 fully saturated rings. The number of carbonyl (C=O) groups excluding carboxylic acids is 1. The standard InChI is InChI=1S/C14H16BrN3O3/c1-9(2)18(7-3-6-16)14(21)17-12-5-4-10(13(19)20)8-11(12)15/h4-5,8-9H,3,7H2,1-2H3,(H,17,21)(H,19,20). The van der Waals surface area contributed by atoms with E-state index in [9.17, 15) is 9.59 Å². The summed E-state index contributed by atoms with van der Waals surface area (Å²) < 4.78 is 0.486. The third kappa shape index (κ3) is 4.76. The summed E-state index contributed by atoms with van der Waals surface area (Å²) in [4.78, 5) is 24.6. The van der Waals surface area contributed by atoms with Crippen molar-refractivity contribution in [3.05, 3.63) is 28.2 Å². The zero-order chi connectivity index (χ0) is 16.0. The maximum Gasteiger partial charge on any atom is 0.335 e. The van der Waals surface area contributed by atoms with Crippen LogP contribution in [0.1, 0.15) is 30.6 Å². The number of carboxylic acids is 1. The molecule has 0 saturated heterocycles. The minimum absolute atomic E-state index is 0.0459.